The third kappa shape index (κ3) is 2.81. The molecule has 0 aliphatic heterocycles. The second kappa shape index (κ2) is 5.10. The van der Waals surface area contributed by atoms with Gasteiger partial charge in [-0.2, -0.15) is 0 Å². The molecule has 1 fully saturated rings. The molecule has 0 saturated heterocycles. The van der Waals surface area contributed by atoms with Crippen LogP contribution in [0.3, 0.4) is 0 Å². The number of halogens is 1. The molecule has 1 aromatic rings. The quantitative estimate of drug-likeness (QED) is 0.718. The maximum absolute atomic E-state index is 12.9. The van der Waals surface area contributed by atoms with E-state index in [0.717, 1.165) is 0 Å². The lowest BCUT2D eigenvalue weighted by atomic mass is 9.96. The Kier molecular flexibility index (Phi) is 3.54. The molecule has 2 nitrogen and oxygen atoms in total. The average molecular weight is 222 g/mol. The van der Waals surface area contributed by atoms with Crippen LogP contribution in [0, 0.1) is 0 Å². The Balaban J connectivity index is 1.88. The predicted octanol–water partition coefficient (Wildman–Crippen LogP) is 3.12. The first kappa shape index (κ1) is 11.1. The van der Waals surface area contributed by atoms with E-state index in [0.29, 0.717) is 31.2 Å². The lowest BCUT2D eigenvalue weighted by molar-refractivity contribution is 0.0141. The van der Waals surface area contributed by atoms with Gasteiger partial charge in [0.15, 0.2) is 0 Å². The van der Waals surface area contributed by atoms with Crippen molar-refractivity contribution in [2.24, 2.45) is 0 Å². The van der Waals surface area contributed by atoms with Gasteiger partial charge in [0, 0.05) is 0 Å². The minimum Gasteiger partial charge on any atom is -0.459 e. The fraction of sp³-hybridized carbons (Fsp3) is 0.462. The molecule has 0 unspecified atom stereocenters. The molecule has 16 heavy (non-hydrogen) atoms. The Hall–Kier alpha value is -1.38. The van der Waals surface area contributed by atoms with Gasteiger partial charge in [0.1, 0.15) is 12.3 Å². The van der Waals surface area contributed by atoms with Crippen molar-refractivity contribution in [1.82, 2.24) is 0 Å². The van der Waals surface area contributed by atoms with Gasteiger partial charge in [0.25, 0.3) is 0 Å². The van der Waals surface area contributed by atoms with E-state index in [2.05, 4.69) is 0 Å². The van der Waals surface area contributed by atoms with Crippen LogP contribution in [-0.2, 0) is 4.74 Å². The molecule has 0 aromatic heterocycles. The van der Waals surface area contributed by atoms with Crippen molar-refractivity contribution in [2.75, 3.05) is 0 Å². The van der Waals surface area contributed by atoms with Gasteiger partial charge in [-0.1, -0.05) is 18.2 Å². The highest BCUT2D eigenvalue weighted by Crippen LogP contribution is 2.24. The molecule has 1 aromatic carbocycles. The third-order valence-electron chi connectivity index (χ3n) is 2.89. The summed E-state index contributed by atoms with van der Waals surface area (Å²) in [6.07, 6.45) is 1.46. The van der Waals surface area contributed by atoms with Gasteiger partial charge < -0.3 is 4.74 Å². The van der Waals surface area contributed by atoms with E-state index in [-0.39, 0.29) is 12.1 Å². The smallest absolute Gasteiger partial charge is 0.338 e. The van der Waals surface area contributed by atoms with Crippen molar-refractivity contribution in [3.8, 4) is 0 Å². The monoisotopic (exact) mass is 222 g/mol. The highest BCUT2D eigenvalue weighted by atomic mass is 19.1. The number of ether oxygens (including phenoxy) is 1. The first-order valence-corrected chi connectivity index (χ1v) is 5.66. The highest BCUT2D eigenvalue weighted by Gasteiger charge is 2.23. The molecule has 0 atom stereocenters. The van der Waals surface area contributed by atoms with Crippen molar-refractivity contribution in [3.63, 3.8) is 0 Å². The first-order valence-electron chi connectivity index (χ1n) is 5.66. The molecule has 0 bridgehead atoms. The second-order valence-corrected chi connectivity index (χ2v) is 4.15. The number of alkyl halides is 1. The predicted molar refractivity (Wildman–Crippen MR) is 59.0 cm³/mol. The van der Waals surface area contributed by atoms with Crippen molar-refractivity contribution in [3.05, 3.63) is 35.9 Å². The zero-order valence-electron chi connectivity index (χ0n) is 9.06. The summed E-state index contributed by atoms with van der Waals surface area (Å²) in [7, 11) is 0. The second-order valence-electron chi connectivity index (χ2n) is 4.15. The average Bonchev–Trinajstić information content (AvgIpc) is 2.33. The van der Waals surface area contributed by atoms with Gasteiger partial charge in [0.05, 0.1) is 5.56 Å². The number of hydrogen-bond acceptors (Lipinski definition) is 2. The Morgan fingerprint density at radius 2 is 1.75 bits per heavy atom. The molecule has 1 aliphatic rings. The Bertz CT molecular complexity index is 342. The zero-order chi connectivity index (χ0) is 11.4. The standard InChI is InChI=1S/C13H15FO2/c14-11-6-8-12(9-7-11)16-13(15)10-4-2-1-3-5-10/h1-5,11-12H,6-9H2/t11-,12+. The molecule has 0 amide bonds. The zero-order valence-corrected chi connectivity index (χ0v) is 9.06. The molecule has 2 rings (SSSR count). The number of carbonyl (C=O) groups excluding carboxylic acids is 1. The minimum atomic E-state index is -0.716. The van der Waals surface area contributed by atoms with Crippen LogP contribution in [0.2, 0.25) is 0 Å². The summed E-state index contributed by atoms with van der Waals surface area (Å²) in [4.78, 5) is 11.7. The number of hydrogen-bond donors (Lipinski definition) is 0. The van der Waals surface area contributed by atoms with Gasteiger partial charge in [0.2, 0.25) is 0 Å². The van der Waals surface area contributed by atoms with Gasteiger partial charge in [-0.15, -0.1) is 0 Å². The van der Waals surface area contributed by atoms with Crippen LogP contribution in [0.1, 0.15) is 36.0 Å². The van der Waals surface area contributed by atoms with E-state index in [1.165, 1.54) is 0 Å². The van der Waals surface area contributed by atoms with E-state index < -0.39 is 6.17 Å². The van der Waals surface area contributed by atoms with Crippen LogP contribution in [0.25, 0.3) is 0 Å². The molecule has 3 heteroatoms. The van der Waals surface area contributed by atoms with E-state index >= 15 is 0 Å². The molecule has 0 spiro atoms. The van der Waals surface area contributed by atoms with E-state index in [4.69, 9.17) is 4.74 Å². The van der Waals surface area contributed by atoms with E-state index in [1.54, 1.807) is 24.3 Å². The van der Waals surface area contributed by atoms with Crippen LogP contribution in [0.5, 0.6) is 0 Å². The molecule has 0 radical (unpaired) electrons. The summed E-state index contributed by atoms with van der Waals surface area (Å²) in [5.74, 6) is -0.303. The maximum Gasteiger partial charge on any atom is 0.338 e. The summed E-state index contributed by atoms with van der Waals surface area (Å²) >= 11 is 0. The summed E-state index contributed by atoms with van der Waals surface area (Å²) in [5, 5.41) is 0. The molecular formula is C13H15FO2. The van der Waals surface area contributed by atoms with Crippen LogP contribution in [0.4, 0.5) is 4.39 Å². The molecule has 86 valence electrons. The van der Waals surface area contributed by atoms with E-state index in [9.17, 15) is 9.18 Å². The van der Waals surface area contributed by atoms with Crippen molar-refractivity contribution in [1.29, 1.82) is 0 Å². The molecule has 1 aliphatic carbocycles. The lowest BCUT2D eigenvalue weighted by Crippen LogP contribution is -2.25. The van der Waals surface area contributed by atoms with Crippen LogP contribution >= 0.6 is 0 Å². The normalized spacial score (nSPS) is 25.1. The van der Waals surface area contributed by atoms with Gasteiger partial charge in [-0.3, -0.25) is 0 Å². The Morgan fingerprint density at radius 3 is 2.38 bits per heavy atom. The van der Waals surface area contributed by atoms with Crippen LogP contribution in [0.15, 0.2) is 30.3 Å². The SMILES string of the molecule is O=C(O[C@H]1CC[C@@H](F)CC1)c1ccccc1. The number of carbonyl (C=O) groups is 1. The van der Waals surface area contributed by atoms with Crippen LogP contribution in [-0.4, -0.2) is 18.2 Å². The fourth-order valence-electron chi connectivity index (χ4n) is 1.93. The third-order valence-corrected chi connectivity index (χ3v) is 2.89. The first-order chi connectivity index (χ1) is 7.75. The van der Waals surface area contributed by atoms with Crippen molar-refractivity contribution < 1.29 is 13.9 Å². The topological polar surface area (TPSA) is 26.3 Å². The summed E-state index contributed by atoms with van der Waals surface area (Å²) in [6.45, 7) is 0. The maximum atomic E-state index is 12.9. The van der Waals surface area contributed by atoms with Gasteiger partial charge in [-0.05, 0) is 37.8 Å². The lowest BCUT2D eigenvalue weighted by Gasteiger charge is -2.24. The van der Waals surface area contributed by atoms with Gasteiger partial charge >= 0.3 is 5.97 Å². The minimum absolute atomic E-state index is 0.111. The number of rotatable bonds is 2. The molecule has 0 N–H and O–H groups in total. The Morgan fingerprint density at radius 1 is 1.12 bits per heavy atom. The van der Waals surface area contributed by atoms with Crippen LogP contribution < -0.4 is 0 Å². The summed E-state index contributed by atoms with van der Waals surface area (Å²) < 4.78 is 18.2. The molecule has 0 heterocycles. The summed E-state index contributed by atoms with van der Waals surface area (Å²) in [6, 6.07) is 8.90. The number of esters is 1. The summed E-state index contributed by atoms with van der Waals surface area (Å²) in [5.41, 5.74) is 0.560. The number of benzene rings is 1. The highest BCUT2D eigenvalue weighted by molar-refractivity contribution is 5.89. The fourth-order valence-corrected chi connectivity index (χ4v) is 1.93. The van der Waals surface area contributed by atoms with Crippen molar-refractivity contribution >= 4 is 5.97 Å². The molecule has 1 saturated carbocycles. The van der Waals surface area contributed by atoms with E-state index in [1.807, 2.05) is 6.07 Å². The van der Waals surface area contributed by atoms with Gasteiger partial charge in [-0.25, -0.2) is 9.18 Å². The van der Waals surface area contributed by atoms with Crippen molar-refractivity contribution in [2.45, 2.75) is 38.0 Å². The largest absolute Gasteiger partial charge is 0.459 e. The molecular weight excluding hydrogens is 207 g/mol. The Labute approximate surface area is 94.4 Å².